The topological polar surface area (TPSA) is 17.1 Å². The van der Waals surface area contributed by atoms with Gasteiger partial charge in [0.05, 0.1) is 0 Å². The predicted molar refractivity (Wildman–Crippen MR) is 83.0 cm³/mol. The molecular weight excluding hydrogens is 232 g/mol. The standard InChI is InChI=1S/C18H26O/c1-5-6-8-13-16(17(19)18(2,3)4)14-15-11-9-7-10-12-15/h7,9-12,14H,5-6,8,13H2,1-4H3/b16-14+. The average Bonchev–Trinajstić information content (AvgIpc) is 2.37. The smallest absolute Gasteiger partial charge is 0.164 e. The average molecular weight is 258 g/mol. The third-order valence-electron chi connectivity index (χ3n) is 3.16. The van der Waals surface area contributed by atoms with E-state index in [2.05, 4.69) is 25.1 Å². The maximum Gasteiger partial charge on any atom is 0.164 e. The van der Waals surface area contributed by atoms with Gasteiger partial charge in [-0.2, -0.15) is 0 Å². The minimum Gasteiger partial charge on any atom is -0.294 e. The van der Waals surface area contributed by atoms with E-state index in [0.717, 1.165) is 24.0 Å². The zero-order chi connectivity index (χ0) is 14.3. The van der Waals surface area contributed by atoms with Gasteiger partial charge in [0.15, 0.2) is 5.78 Å². The Bertz CT molecular complexity index is 421. The van der Waals surface area contributed by atoms with E-state index in [4.69, 9.17) is 0 Å². The SMILES string of the molecule is CCCCC/C(=C\c1ccccc1)C(=O)C(C)(C)C. The van der Waals surface area contributed by atoms with Crippen molar-refractivity contribution in [3.8, 4) is 0 Å². The van der Waals surface area contributed by atoms with Gasteiger partial charge < -0.3 is 0 Å². The Morgan fingerprint density at radius 1 is 1.11 bits per heavy atom. The highest BCUT2D eigenvalue weighted by Crippen LogP contribution is 2.25. The number of carbonyl (C=O) groups is 1. The fraction of sp³-hybridized carbons (Fsp3) is 0.500. The maximum atomic E-state index is 12.5. The first kappa shape index (κ1) is 15.7. The highest BCUT2D eigenvalue weighted by atomic mass is 16.1. The maximum absolute atomic E-state index is 12.5. The Labute approximate surface area is 117 Å². The molecule has 0 saturated carbocycles. The Kier molecular flexibility index (Phi) is 6.01. The predicted octanol–water partition coefficient (Wildman–Crippen LogP) is 5.27. The van der Waals surface area contributed by atoms with Gasteiger partial charge >= 0.3 is 0 Å². The van der Waals surface area contributed by atoms with Crippen molar-refractivity contribution in [2.45, 2.75) is 53.4 Å². The van der Waals surface area contributed by atoms with Crippen LogP contribution in [0.1, 0.15) is 58.9 Å². The van der Waals surface area contributed by atoms with Crippen molar-refractivity contribution < 1.29 is 4.79 Å². The molecule has 0 aliphatic carbocycles. The van der Waals surface area contributed by atoms with Gasteiger partial charge in [-0.3, -0.25) is 4.79 Å². The zero-order valence-corrected chi connectivity index (χ0v) is 12.7. The lowest BCUT2D eigenvalue weighted by Gasteiger charge is -2.19. The van der Waals surface area contributed by atoms with Crippen molar-refractivity contribution >= 4 is 11.9 Å². The molecule has 0 atom stereocenters. The Morgan fingerprint density at radius 3 is 2.26 bits per heavy atom. The molecule has 1 rings (SSSR count). The summed E-state index contributed by atoms with van der Waals surface area (Å²) in [6.07, 6.45) is 6.41. The molecule has 104 valence electrons. The molecule has 0 aromatic heterocycles. The van der Waals surface area contributed by atoms with Gasteiger partial charge in [0.1, 0.15) is 0 Å². The molecule has 0 aliphatic rings. The second-order valence-corrected chi connectivity index (χ2v) is 6.12. The normalized spacial score (nSPS) is 12.5. The number of hydrogen-bond donors (Lipinski definition) is 0. The molecule has 0 bridgehead atoms. The monoisotopic (exact) mass is 258 g/mol. The molecule has 0 radical (unpaired) electrons. The fourth-order valence-corrected chi connectivity index (χ4v) is 2.05. The first-order chi connectivity index (χ1) is 8.95. The van der Waals surface area contributed by atoms with Crippen molar-refractivity contribution in [3.05, 3.63) is 41.5 Å². The third kappa shape index (κ3) is 5.42. The highest BCUT2D eigenvalue weighted by Gasteiger charge is 2.24. The van der Waals surface area contributed by atoms with Crippen LogP contribution in [0.3, 0.4) is 0 Å². The van der Waals surface area contributed by atoms with E-state index in [9.17, 15) is 4.79 Å². The number of allylic oxidation sites excluding steroid dienone is 1. The lowest BCUT2D eigenvalue weighted by atomic mass is 9.84. The van der Waals surface area contributed by atoms with E-state index in [-0.39, 0.29) is 11.2 Å². The molecule has 0 unspecified atom stereocenters. The van der Waals surface area contributed by atoms with E-state index in [0.29, 0.717) is 0 Å². The van der Waals surface area contributed by atoms with Crippen LogP contribution >= 0.6 is 0 Å². The Morgan fingerprint density at radius 2 is 1.74 bits per heavy atom. The second-order valence-electron chi connectivity index (χ2n) is 6.12. The van der Waals surface area contributed by atoms with Crippen LogP contribution in [0.25, 0.3) is 6.08 Å². The van der Waals surface area contributed by atoms with Crippen molar-refractivity contribution in [2.24, 2.45) is 5.41 Å². The van der Waals surface area contributed by atoms with Crippen molar-refractivity contribution in [1.29, 1.82) is 0 Å². The Hall–Kier alpha value is -1.37. The first-order valence-electron chi connectivity index (χ1n) is 7.25. The summed E-state index contributed by atoms with van der Waals surface area (Å²) in [5.74, 6) is 0.271. The molecule has 1 aromatic carbocycles. The molecule has 0 amide bonds. The van der Waals surface area contributed by atoms with Crippen molar-refractivity contribution in [2.75, 3.05) is 0 Å². The zero-order valence-electron chi connectivity index (χ0n) is 12.7. The van der Waals surface area contributed by atoms with Crippen molar-refractivity contribution in [3.63, 3.8) is 0 Å². The van der Waals surface area contributed by atoms with Crippen LogP contribution in [-0.2, 0) is 4.79 Å². The summed E-state index contributed by atoms with van der Waals surface area (Å²) in [4.78, 5) is 12.5. The number of rotatable bonds is 6. The van der Waals surface area contributed by atoms with Crippen LogP contribution in [0, 0.1) is 5.41 Å². The summed E-state index contributed by atoms with van der Waals surface area (Å²) in [6.45, 7) is 8.17. The third-order valence-corrected chi connectivity index (χ3v) is 3.16. The minimum absolute atomic E-state index is 0.271. The van der Waals surface area contributed by atoms with Crippen LogP contribution in [0.5, 0.6) is 0 Å². The molecule has 0 aliphatic heterocycles. The van der Waals surface area contributed by atoms with Gasteiger partial charge in [-0.05, 0) is 30.1 Å². The van der Waals surface area contributed by atoms with E-state index in [1.165, 1.54) is 12.8 Å². The highest BCUT2D eigenvalue weighted by molar-refractivity contribution is 6.02. The van der Waals surface area contributed by atoms with Gasteiger partial charge in [-0.15, -0.1) is 0 Å². The number of Topliss-reactive ketones (excluding diaryl/α,β-unsaturated/α-hetero) is 1. The minimum atomic E-state index is -0.299. The van der Waals surface area contributed by atoms with Crippen LogP contribution in [-0.4, -0.2) is 5.78 Å². The molecule has 0 heterocycles. The summed E-state index contributed by atoms with van der Waals surface area (Å²) in [6, 6.07) is 10.1. The number of unbranched alkanes of at least 4 members (excludes halogenated alkanes) is 2. The lowest BCUT2D eigenvalue weighted by Crippen LogP contribution is -2.22. The second kappa shape index (κ2) is 7.28. The molecule has 0 N–H and O–H groups in total. The van der Waals surface area contributed by atoms with E-state index < -0.39 is 0 Å². The molecule has 1 aromatic rings. The summed E-state index contributed by atoms with van der Waals surface area (Å²) in [7, 11) is 0. The van der Waals surface area contributed by atoms with Gasteiger partial charge in [0.2, 0.25) is 0 Å². The van der Waals surface area contributed by atoms with Gasteiger partial charge in [0, 0.05) is 5.41 Å². The van der Waals surface area contributed by atoms with E-state index in [1.807, 2.05) is 39.0 Å². The molecule has 0 saturated heterocycles. The van der Waals surface area contributed by atoms with Crippen LogP contribution < -0.4 is 0 Å². The van der Waals surface area contributed by atoms with E-state index >= 15 is 0 Å². The van der Waals surface area contributed by atoms with Gasteiger partial charge in [-0.25, -0.2) is 0 Å². The number of hydrogen-bond acceptors (Lipinski definition) is 1. The summed E-state index contributed by atoms with van der Waals surface area (Å²) in [5.41, 5.74) is 1.78. The van der Waals surface area contributed by atoms with Crippen LogP contribution in [0.15, 0.2) is 35.9 Å². The van der Waals surface area contributed by atoms with Gasteiger partial charge in [0.25, 0.3) is 0 Å². The molecule has 0 fully saturated rings. The van der Waals surface area contributed by atoms with Gasteiger partial charge in [-0.1, -0.05) is 70.9 Å². The molecule has 0 spiro atoms. The Balaban J connectivity index is 2.92. The number of carbonyl (C=O) groups excluding carboxylic acids is 1. The fourth-order valence-electron chi connectivity index (χ4n) is 2.05. The largest absolute Gasteiger partial charge is 0.294 e. The summed E-state index contributed by atoms with van der Waals surface area (Å²) < 4.78 is 0. The molecule has 1 nitrogen and oxygen atoms in total. The quantitative estimate of drug-likeness (QED) is 0.502. The number of benzene rings is 1. The molecule has 1 heteroatoms. The molecular formula is C18H26O. The lowest BCUT2D eigenvalue weighted by molar-refractivity contribution is -0.122. The summed E-state index contributed by atoms with van der Waals surface area (Å²) >= 11 is 0. The van der Waals surface area contributed by atoms with Crippen molar-refractivity contribution in [1.82, 2.24) is 0 Å². The summed E-state index contributed by atoms with van der Waals surface area (Å²) in [5, 5.41) is 0. The van der Waals surface area contributed by atoms with Crippen LogP contribution in [0.2, 0.25) is 0 Å². The first-order valence-corrected chi connectivity index (χ1v) is 7.25. The van der Waals surface area contributed by atoms with Crippen LogP contribution in [0.4, 0.5) is 0 Å². The molecule has 19 heavy (non-hydrogen) atoms. The number of ketones is 1. The van der Waals surface area contributed by atoms with E-state index in [1.54, 1.807) is 0 Å².